The predicted molar refractivity (Wildman–Crippen MR) is 91.4 cm³/mol. The number of phenols is 1. The molecule has 0 heterocycles. The Balaban J connectivity index is 2.24. The van der Waals surface area contributed by atoms with Crippen molar-refractivity contribution in [3.63, 3.8) is 0 Å². The lowest BCUT2D eigenvalue weighted by atomic mass is 10.1. The molecule has 0 aliphatic rings. The van der Waals surface area contributed by atoms with E-state index < -0.39 is 10.0 Å². The smallest absolute Gasteiger partial charge is 0.276 e. The molecule has 0 radical (unpaired) electrons. The molecule has 6 heteroatoms. The fourth-order valence-corrected chi connectivity index (χ4v) is 3.40. The van der Waals surface area contributed by atoms with E-state index in [4.69, 9.17) is 0 Å². The third-order valence-electron chi connectivity index (χ3n) is 3.53. The van der Waals surface area contributed by atoms with Gasteiger partial charge in [-0.1, -0.05) is 12.1 Å². The van der Waals surface area contributed by atoms with Gasteiger partial charge in [-0.15, -0.1) is 0 Å². The molecule has 2 aromatic rings. The number of aromatic hydroxyl groups is 1. The minimum atomic E-state index is -3.71. The van der Waals surface area contributed by atoms with Crippen LogP contribution in [0.3, 0.4) is 0 Å². The van der Waals surface area contributed by atoms with Gasteiger partial charge in [0.25, 0.3) is 10.0 Å². The van der Waals surface area contributed by atoms with Gasteiger partial charge in [-0.05, 0) is 73.7 Å². The molecule has 0 fully saturated rings. The van der Waals surface area contributed by atoms with Crippen LogP contribution in [0.5, 0.6) is 5.75 Å². The van der Waals surface area contributed by atoms with Crippen molar-refractivity contribution in [3.05, 3.63) is 58.1 Å². The van der Waals surface area contributed by atoms with E-state index >= 15 is 0 Å². The van der Waals surface area contributed by atoms with Crippen molar-refractivity contribution in [1.82, 2.24) is 4.83 Å². The Morgan fingerprint density at radius 1 is 1.00 bits per heavy atom. The number of hydrogen-bond donors (Lipinski definition) is 2. The van der Waals surface area contributed by atoms with Gasteiger partial charge in [-0.25, -0.2) is 4.83 Å². The lowest BCUT2D eigenvalue weighted by molar-refractivity contribution is 0.467. The first-order valence-corrected chi connectivity index (χ1v) is 8.61. The predicted octanol–water partition coefficient (Wildman–Crippen LogP) is 2.94. The molecule has 0 amide bonds. The van der Waals surface area contributed by atoms with E-state index in [1.165, 1.54) is 6.21 Å². The van der Waals surface area contributed by atoms with E-state index in [0.717, 1.165) is 5.56 Å². The van der Waals surface area contributed by atoms with Crippen LogP contribution in [0.2, 0.25) is 0 Å². The lowest BCUT2D eigenvalue weighted by Crippen LogP contribution is -2.19. The van der Waals surface area contributed by atoms with Crippen LogP contribution in [-0.2, 0) is 10.0 Å². The minimum absolute atomic E-state index is 0.215. The zero-order valence-electron chi connectivity index (χ0n) is 13.6. The van der Waals surface area contributed by atoms with Gasteiger partial charge in [0.05, 0.1) is 11.1 Å². The number of hydrazone groups is 1. The molecule has 23 heavy (non-hydrogen) atoms. The third kappa shape index (κ3) is 3.90. The van der Waals surface area contributed by atoms with Crippen molar-refractivity contribution in [2.75, 3.05) is 0 Å². The maximum absolute atomic E-state index is 12.3. The topological polar surface area (TPSA) is 78.8 Å². The summed E-state index contributed by atoms with van der Waals surface area (Å²) in [5.41, 5.74) is 3.66. The molecule has 0 bridgehead atoms. The summed E-state index contributed by atoms with van der Waals surface area (Å²) in [5.74, 6) is 0.234. The number of sulfonamides is 1. The molecule has 0 aromatic heterocycles. The van der Waals surface area contributed by atoms with Gasteiger partial charge in [0.1, 0.15) is 5.75 Å². The van der Waals surface area contributed by atoms with Crippen LogP contribution in [0.15, 0.2) is 40.3 Å². The first-order valence-electron chi connectivity index (χ1n) is 7.13. The second-order valence-corrected chi connectivity index (χ2v) is 7.25. The second kappa shape index (κ2) is 6.42. The number of rotatable bonds is 4. The molecule has 0 unspecified atom stereocenters. The number of aryl methyl sites for hydroxylation is 4. The van der Waals surface area contributed by atoms with Gasteiger partial charge in [0.15, 0.2) is 0 Å². The van der Waals surface area contributed by atoms with Gasteiger partial charge >= 0.3 is 0 Å². The summed E-state index contributed by atoms with van der Waals surface area (Å²) >= 11 is 0. The Kier molecular flexibility index (Phi) is 4.75. The van der Waals surface area contributed by atoms with Crippen LogP contribution < -0.4 is 4.83 Å². The maximum atomic E-state index is 12.3. The Bertz CT molecular complexity index is 848. The average molecular weight is 332 g/mol. The highest BCUT2D eigenvalue weighted by atomic mass is 32.2. The zero-order chi connectivity index (χ0) is 17.2. The van der Waals surface area contributed by atoms with E-state index in [0.29, 0.717) is 22.3 Å². The summed E-state index contributed by atoms with van der Waals surface area (Å²) in [5, 5.41) is 13.6. The number of nitrogens with zero attached hydrogens (tertiary/aromatic N) is 1. The SMILES string of the molecule is Cc1ccc(C)c(S(=O)(=O)N/N=C/c2cc(C)c(O)c(C)c2)c1. The summed E-state index contributed by atoms with van der Waals surface area (Å²) in [6, 6.07) is 8.71. The van der Waals surface area contributed by atoms with Crippen molar-refractivity contribution in [1.29, 1.82) is 0 Å². The van der Waals surface area contributed by atoms with Crippen molar-refractivity contribution < 1.29 is 13.5 Å². The van der Waals surface area contributed by atoms with E-state index in [9.17, 15) is 13.5 Å². The van der Waals surface area contributed by atoms with Crippen molar-refractivity contribution >= 4 is 16.2 Å². The summed E-state index contributed by atoms with van der Waals surface area (Å²) in [6.45, 7) is 7.13. The number of phenolic OH excluding ortho intramolecular Hbond substituents is 1. The van der Waals surface area contributed by atoms with Crippen LogP contribution in [0.4, 0.5) is 0 Å². The first-order chi connectivity index (χ1) is 10.7. The fourth-order valence-electron chi connectivity index (χ4n) is 2.28. The first kappa shape index (κ1) is 17.0. The average Bonchev–Trinajstić information content (AvgIpc) is 2.47. The Morgan fingerprint density at radius 3 is 2.22 bits per heavy atom. The molecule has 5 nitrogen and oxygen atoms in total. The standard InChI is InChI=1S/C17H20N2O3S/c1-11-5-6-12(2)16(7-11)23(21,22)19-18-10-15-8-13(3)17(20)14(4)9-15/h5-10,19-20H,1-4H3/b18-10+. The molecule has 0 aliphatic carbocycles. The number of benzene rings is 2. The molecule has 2 aromatic carbocycles. The zero-order valence-corrected chi connectivity index (χ0v) is 14.4. The fraction of sp³-hybridized carbons (Fsp3) is 0.235. The molecule has 0 atom stereocenters. The summed E-state index contributed by atoms with van der Waals surface area (Å²) < 4.78 is 24.6. The van der Waals surface area contributed by atoms with Crippen LogP contribution in [0.1, 0.15) is 27.8 Å². The Labute approximate surface area is 136 Å². The lowest BCUT2D eigenvalue weighted by Gasteiger charge is -2.08. The molecule has 0 spiro atoms. The quantitative estimate of drug-likeness (QED) is 0.667. The van der Waals surface area contributed by atoms with Crippen molar-refractivity contribution in [3.8, 4) is 5.75 Å². The van der Waals surface area contributed by atoms with Gasteiger partial charge in [0, 0.05) is 0 Å². The van der Waals surface area contributed by atoms with Crippen LogP contribution in [-0.4, -0.2) is 19.7 Å². The second-order valence-electron chi connectivity index (χ2n) is 5.63. The largest absolute Gasteiger partial charge is 0.507 e. The highest BCUT2D eigenvalue weighted by Gasteiger charge is 2.15. The van der Waals surface area contributed by atoms with E-state index in [-0.39, 0.29) is 10.6 Å². The van der Waals surface area contributed by atoms with E-state index in [1.807, 2.05) is 13.0 Å². The van der Waals surface area contributed by atoms with Gasteiger partial charge < -0.3 is 5.11 Å². The maximum Gasteiger partial charge on any atom is 0.276 e. The summed E-state index contributed by atoms with van der Waals surface area (Å²) in [6.07, 6.45) is 1.42. The number of nitrogens with one attached hydrogen (secondary N) is 1. The highest BCUT2D eigenvalue weighted by molar-refractivity contribution is 7.89. The molecule has 0 saturated heterocycles. The Morgan fingerprint density at radius 2 is 1.61 bits per heavy atom. The third-order valence-corrected chi connectivity index (χ3v) is 4.90. The summed E-state index contributed by atoms with van der Waals surface area (Å²) in [7, 11) is -3.71. The van der Waals surface area contributed by atoms with Crippen LogP contribution >= 0.6 is 0 Å². The molecule has 0 aliphatic heterocycles. The van der Waals surface area contributed by atoms with Crippen molar-refractivity contribution in [2.24, 2.45) is 5.10 Å². The molecule has 2 rings (SSSR count). The normalized spacial score (nSPS) is 11.8. The van der Waals surface area contributed by atoms with E-state index in [2.05, 4.69) is 9.93 Å². The monoisotopic (exact) mass is 332 g/mol. The molecule has 2 N–H and O–H groups in total. The van der Waals surface area contributed by atoms with Gasteiger partial charge in [-0.3, -0.25) is 0 Å². The molecular weight excluding hydrogens is 312 g/mol. The van der Waals surface area contributed by atoms with Gasteiger partial charge in [-0.2, -0.15) is 13.5 Å². The Hall–Kier alpha value is -2.34. The molecular formula is C17H20N2O3S. The molecule has 122 valence electrons. The highest BCUT2D eigenvalue weighted by Crippen LogP contribution is 2.22. The molecule has 0 saturated carbocycles. The van der Waals surface area contributed by atoms with Crippen molar-refractivity contribution in [2.45, 2.75) is 32.6 Å². The summed E-state index contributed by atoms with van der Waals surface area (Å²) in [4.78, 5) is 2.44. The number of hydrogen-bond acceptors (Lipinski definition) is 4. The van der Waals surface area contributed by atoms with Crippen LogP contribution in [0, 0.1) is 27.7 Å². The van der Waals surface area contributed by atoms with E-state index in [1.54, 1.807) is 45.0 Å². The minimum Gasteiger partial charge on any atom is -0.507 e. The van der Waals surface area contributed by atoms with Crippen LogP contribution in [0.25, 0.3) is 0 Å². The van der Waals surface area contributed by atoms with Gasteiger partial charge in [0.2, 0.25) is 0 Å².